The monoisotopic (exact) mass is 404 g/mol. The van der Waals surface area contributed by atoms with Gasteiger partial charge in [0.15, 0.2) is 0 Å². The van der Waals surface area contributed by atoms with Gasteiger partial charge in [-0.15, -0.1) is 0 Å². The molecule has 0 spiro atoms. The number of nitrogens with one attached hydrogen (secondary N) is 1. The largest absolute Gasteiger partial charge is 0.361 e. The van der Waals surface area contributed by atoms with Crippen molar-refractivity contribution in [3.63, 3.8) is 0 Å². The second kappa shape index (κ2) is 8.06. The van der Waals surface area contributed by atoms with Crippen molar-refractivity contribution in [2.24, 2.45) is 5.92 Å². The summed E-state index contributed by atoms with van der Waals surface area (Å²) in [7, 11) is 0. The van der Waals surface area contributed by atoms with E-state index in [4.69, 9.17) is 4.52 Å². The number of nitrogens with zero attached hydrogens (tertiary/aromatic N) is 5. The Morgan fingerprint density at radius 1 is 1.17 bits per heavy atom. The van der Waals surface area contributed by atoms with E-state index in [1.54, 1.807) is 18.5 Å². The van der Waals surface area contributed by atoms with Gasteiger partial charge in [0.05, 0.1) is 18.4 Å². The first kappa shape index (κ1) is 19.8. The van der Waals surface area contributed by atoms with Crippen molar-refractivity contribution in [2.75, 3.05) is 0 Å². The van der Waals surface area contributed by atoms with Crippen molar-refractivity contribution in [2.45, 2.75) is 40.7 Å². The van der Waals surface area contributed by atoms with E-state index in [2.05, 4.69) is 39.3 Å². The molecule has 8 heteroatoms. The molecule has 0 aliphatic carbocycles. The second-order valence-electron chi connectivity index (χ2n) is 7.84. The van der Waals surface area contributed by atoms with Crippen LogP contribution in [0.5, 0.6) is 0 Å². The van der Waals surface area contributed by atoms with Crippen LogP contribution in [0.2, 0.25) is 0 Å². The Bertz CT molecular complexity index is 1220. The predicted molar refractivity (Wildman–Crippen MR) is 113 cm³/mol. The van der Waals surface area contributed by atoms with Gasteiger partial charge in [-0.2, -0.15) is 10.2 Å². The summed E-state index contributed by atoms with van der Waals surface area (Å²) >= 11 is 0. The van der Waals surface area contributed by atoms with E-state index in [1.807, 2.05) is 32.2 Å². The van der Waals surface area contributed by atoms with Gasteiger partial charge in [-0.1, -0.05) is 19.0 Å². The normalized spacial score (nSPS) is 11.4. The number of aromatic amines is 1. The van der Waals surface area contributed by atoms with Crippen LogP contribution in [-0.2, 0) is 13.0 Å². The number of aromatic nitrogens is 6. The van der Waals surface area contributed by atoms with E-state index in [9.17, 15) is 4.79 Å². The average molecular weight is 404 g/mol. The maximum atomic E-state index is 12.8. The fourth-order valence-corrected chi connectivity index (χ4v) is 3.37. The van der Waals surface area contributed by atoms with Crippen LogP contribution in [0.25, 0.3) is 22.4 Å². The first-order valence-corrected chi connectivity index (χ1v) is 9.90. The Kier molecular flexibility index (Phi) is 5.31. The van der Waals surface area contributed by atoms with Gasteiger partial charge in [-0.05, 0) is 38.3 Å². The Balaban J connectivity index is 1.65. The molecule has 0 amide bonds. The highest BCUT2D eigenvalue weighted by Crippen LogP contribution is 2.26. The van der Waals surface area contributed by atoms with E-state index in [1.165, 1.54) is 4.68 Å². The molecule has 0 bridgehead atoms. The molecule has 0 saturated carbocycles. The molecule has 0 unspecified atom stereocenters. The summed E-state index contributed by atoms with van der Waals surface area (Å²) in [6.45, 7) is 8.29. The second-order valence-corrected chi connectivity index (χ2v) is 7.84. The van der Waals surface area contributed by atoms with Gasteiger partial charge in [-0.25, -0.2) is 4.68 Å². The molecule has 0 fully saturated rings. The Morgan fingerprint density at radius 2 is 2.00 bits per heavy atom. The molecule has 4 aromatic rings. The summed E-state index contributed by atoms with van der Waals surface area (Å²) in [5.41, 5.74) is 5.65. The lowest BCUT2D eigenvalue weighted by atomic mass is 10.0. The van der Waals surface area contributed by atoms with Crippen molar-refractivity contribution in [1.82, 2.24) is 30.1 Å². The maximum Gasteiger partial charge on any atom is 0.267 e. The van der Waals surface area contributed by atoms with Crippen molar-refractivity contribution >= 4 is 0 Å². The van der Waals surface area contributed by atoms with E-state index in [0.717, 1.165) is 40.1 Å². The molecule has 30 heavy (non-hydrogen) atoms. The van der Waals surface area contributed by atoms with Gasteiger partial charge < -0.3 is 4.52 Å². The van der Waals surface area contributed by atoms with Crippen molar-refractivity contribution in [3.05, 3.63) is 69.9 Å². The van der Waals surface area contributed by atoms with Gasteiger partial charge >= 0.3 is 0 Å². The molecule has 4 heterocycles. The number of H-pyrrole nitrogens is 1. The smallest absolute Gasteiger partial charge is 0.267 e. The molecule has 0 saturated heterocycles. The first-order valence-electron chi connectivity index (χ1n) is 9.90. The van der Waals surface area contributed by atoms with Gasteiger partial charge in [0, 0.05) is 46.4 Å². The quantitative estimate of drug-likeness (QED) is 0.527. The highest BCUT2D eigenvalue weighted by molar-refractivity contribution is 5.64. The van der Waals surface area contributed by atoms with E-state index in [0.29, 0.717) is 17.4 Å². The highest BCUT2D eigenvalue weighted by Gasteiger charge is 2.17. The molecule has 0 aliphatic rings. The zero-order valence-electron chi connectivity index (χ0n) is 17.5. The molecule has 154 valence electrons. The zero-order chi connectivity index (χ0) is 21.3. The summed E-state index contributed by atoms with van der Waals surface area (Å²) in [5, 5.41) is 15.8. The lowest BCUT2D eigenvalue weighted by Gasteiger charge is -2.08. The summed E-state index contributed by atoms with van der Waals surface area (Å²) in [6.07, 6.45) is 6.09. The third kappa shape index (κ3) is 3.94. The minimum atomic E-state index is -0.197. The van der Waals surface area contributed by atoms with Crippen molar-refractivity contribution < 1.29 is 4.52 Å². The molecule has 0 radical (unpaired) electrons. The fraction of sp³-hybridized carbons (Fsp3) is 0.318. The number of aryl methyl sites for hydroxylation is 2. The topological polar surface area (TPSA) is 102 Å². The third-order valence-electron chi connectivity index (χ3n) is 4.98. The van der Waals surface area contributed by atoms with E-state index < -0.39 is 0 Å². The molecule has 8 nitrogen and oxygen atoms in total. The zero-order valence-corrected chi connectivity index (χ0v) is 17.5. The Labute approximate surface area is 174 Å². The SMILES string of the molecule is Cc1ccc(-c2noc(C)c2Cn2ncc(-c3c[nH]nc3CC(C)C)cc2=O)cn1. The standard InChI is InChI=1S/C22H24N6O2/c1-13(2)7-20-18(11-24-26-20)17-8-21(29)28(25-10-17)12-19-15(4)30-27-22(19)16-6-5-14(3)23-9-16/h5-6,8-11,13H,7,12H2,1-4H3,(H,24,26). The average Bonchev–Trinajstić information content (AvgIpc) is 3.31. The van der Waals surface area contributed by atoms with Crippen LogP contribution in [-0.4, -0.2) is 30.1 Å². The molecule has 0 aliphatic heterocycles. The van der Waals surface area contributed by atoms with Gasteiger partial charge in [-0.3, -0.25) is 14.9 Å². The van der Waals surface area contributed by atoms with E-state index >= 15 is 0 Å². The molecule has 0 atom stereocenters. The number of rotatable bonds is 6. The Hall–Kier alpha value is -3.55. The van der Waals surface area contributed by atoms with Crippen LogP contribution >= 0.6 is 0 Å². The Morgan fingerprint density at radius 3 is 2.70 bits per heavy atom. The van der Waals surface area contributed by atoms with Crippen LogP contribution < -0.4 is 5.56 Å². The first-order chi connectivity index (χ1) is 14.4. The molecule has 4 rings (SSSR count). The number of hydrogen-bond donors (Lipinski definition) is 1. The van der Waals surface area contributed by atoms with Crippen LogP contribution in [0, 0.1) is 19.8 Å². The molecule has 4 aromatic heterocycles. The van der Waals surface area contributed by atoms with Gasteiger partial charge in [0.25, 0.3) is 5.56 Å². The van der Waals surface area contributed by atoms with Crippen LogP contribution in [0.3, 0.4) is 0 Å². The van der Waals surface area contributed by atoms with Crippen LogP contribution in [0.4, 0.5) is 0 Å². The lowest BCUT2D eigenvalue weighted by Crippen LogP contribution is -2.23. The minimum Gasteiger partial charge on any atom is -0.361 e. The minimum absolute atomic E-state index is 0.197. The summed E-state index contributed by atoms with van der Waals surface area (Å²) < 4.78 is 6.81. The summed E-state index contributed by atoms with van der Waals surface area (Å²) in [6, 6.07) is 5.46. The van der Waals surface area contributed by atoms with Crippen molar-refractivity contribution in [3.8, 4) is 22.4 Å². The third-order valence-corrected chi connectivity index (χ3v) is 4.98. The van der Waals surface area contributed by atoms with Crippen molar-refractivity contribution in [1.29, 1.82) is 0 Å². The number of hydrogen-bond acceptors (Lipinski definition) is 6. The summed E-state index contributed by atoms with van der Waals surface area (Å²) in [5.74, 6) is 1.11. The van der Waals surface area contributed by atoms with E-state index in [-0.39, 0.29) is 12.1 Å². The predicted octanol–water partition coefficient (Wildman–Crippen LogP) is 3.55. The van der Waals surface area contributed by atoms with Crippen LogP contribution in [0.1, 0.15) is 36.6 Å². The summed E-state index contributed by atoms with van der Waals surface area (Å²) in [4.78, 5) is 17.1. The fourth-order valence-electron chi connectivity index (χ4n) is 3.37. The number of pyridine rings is 1. The maximum absolute atomic E-state index is 12.8. The molecular weight excluding hydrogens is 380 g/mol. The molecular formula is C22H24N6O2. The lowest BCUT2D eigenvalue weighted by molar-refractivity contribution is 0.397. The molecule has 0 aromatic carbocycles. The van der Waals surface area contributed by atoms with Gasteiger partial charge in [0.1, 0.15) is 11.5 Å². The molecule has 1 N–H and O–H groups in total. The van der Waals surface area contributed by atoms with Crippen LogP contribution in [0.15, 0.2) is 46.1 Å². The van der Waals surface area contributed by atoms with Gasteiger partial charge in [0.2, 0.25) is 0 Å². The highest BCUT2D eigenvalue weighted by atomic mass is 16.5.